The Balaban J connectivity index is 1.81. The highest BCUT2D eigenvalue weighted by molar-refractivity contribution is 5.67. The number of halogens is 2. The highest BCUT2D eigenvalue weighted by Gasteiger charge is 2.25. The van der Waals surface area contributed by atoms with Crippen molar-refractivity contribution in [1.82, 2.24) is 4.90 Å². The van der Waals surface area contributed by atoms with E-state index in [0.717, 1.165) is 25.0 Å². The van der Waals surface area contributed by atoms with E-state index in [1.165, 1.54) is 6.07 Å². The molecular formula is C17H23F2NO3. The summed E-state index contributed by atoms with van der Waals surface area (Å²) in [5.74, 6) is -1.46. The Hall–Kier alpha value is -1.69. The van der Waals surface area contributed by atoms with E-state index in [-0.39, 0.29) is 18.8 Å². The monoisotopic (exact) mass is 327 g/mol. The number of benzene rings is 1. The highest BCUT2D eigenvalue weighted by atomic mass is 19.2. The summed E-state index contributed by atoms with van der Waals surface area (Å²) < 4.78 is 37.0. The van der Waals surface area contributed by atoms with Crippen LogP contribution < -0.4 is 0 Å². The molecule has 1 heterocycles. The minimum atomic E-state index is -0.881. The molecule has 0 spiro atoms. The third kappa shape index (κ3) is 5.46. The molecule has 128 valence electrons. The van der Waals surface area contributed by atoms with Crippen LogP contribution in [0.15, 0.2) is 18.2 Å². The second kappa shape index (κ2) is 8.24. The first-order chi connectivity index (χ1) is 11.0. The summed E-state index contributed by atoms with van der Waals surface area (Å²) in [6.07, 6.45) is 1.22. The van der Waals surface area contributed by atoms with Gasteiger partial charge in [-0.3, -0.25) is 0 Å². The Morgan fingerprint density at radius 2 is 2.13 bits per heavy atom. The van der Waals surface area contributed by atoms with E-state index in [1.807, 2.05) is 13.8 Å². The normalized spacial score (nSPS) is 18.3. The predicted octanol–water partition coefficient (Wildman–Crippen LogP) is 3.74. The fraction of sp³-hybridized carbons (Fsp3) is 0.588. The SMILES string of the molecule is CC(C)COC(=O)N1CCCC(OCc2ccc(F)c(F)c2)C1. The first kappa shape index (κ1) is 17.7. The Morgan fingerprint density at radius 1 is 1.35 bits per heavy atom. The lowest BCUT2D eigenvalue weighted by molar-refractivity contribution is -0.0118. The van der Waals surface area contributed by atoms with Gasteiger partial charge in [0.1, 0.15) is 0 Å². The number of amides is 1. The minimum absolute atomic E-state index is 0.122. The lowest BCUT2D eigenvalue weighted by atomic mass is 10.1. The molecule has 2 rings (SSSR count). The molecule has 1 aliphatic rings. The average molecular weight is 327 g/mol. The van der Waals surface area contributed by atoms with Crippen molar-refractivity contribution < 1.29 is 23.0 Å². The third-order valence-corrected chi connectivity index (χ3v) is 3.65. The Bertz CT molecular complexity index is 537. The maximum Gasteiger partial charge on any atom is 0.409 e. The van der Waals surface area contributed by atoms with E-state index in [9.17, 15) is 13.6 Å². The average Bonchev–Trinajstić information content (AvgIpc) is 2.54. The van der Waals surface area contributed by atoms with Gasteiger partial charge in [0.25, 0.3) is 0 Å². The van der Waals surface area contributed by atoms with E-state index >= 15 is 0 Å². The van der Waals surface area contributed by atoms with Crippen LogP contribution in [0.25, 0.3) is 0 Å². The van der Waals surface area contributed by atoms with Crippen molar-refractivity contribution in [3.63, 3.8) is 0 Å². The lowest BCUT2D eigenvalue weighted by Crippen LogP contribution is -2.43. The van der Waals surface area contributed by atoms with Crippen LogP contribution in [0.1, 0.15) is 32.3 Å². The van der Waals surface area contributed by atoms with Crippen LogP contribution in [0.3, 0.4) is 0 Å². The topological polar surface area (TPSA) is 38.8 Å². The summed E-state index contributed by atoms with van der Waals surface area (Å²) in [6, 6.07) is 3.72. The molecule has 0 N–H and O–H groups in total. The number of piperidine rings is 1. The number of carbonyl (C=O) groups excluding carboxylic acids is 1. The van der Waals surface area contributed by atoms with Crippen LogP contribution in [-0.4, -0.2) is 36.8 Å². The predicted molar refractivity (Wildman–Crippen MR) is 81.9 cm³/mol. The smallest absolute Gasteiger partial charge is 0.409 e. The molecule has 0 radical (unpaired) electrons. The second-order valence-electron chi connectivity index (χ2n) is 6.24. The van der Waals surface area contributed by atoms with Crippen LogP contribution >= 0.6 is 0 Å². The molecule has 0 saturated carbocycles. The van der Waals surface area contributed by atoms with Gasteiger partial charge in [-0.2, -0.15) is 0 Å². The fourth-order valence-electron chi connectivity index (χ4n) is 2.41. The van der Waals surface area contributed by atoms with Gasteiger partial charge in [-0.15, -0.1) is 0 Å². The molecule has 1 saturated heterocycles. The number of rotatable bonds is 5. The second-order valence-corrected chi connectivity index (χ2v) is 6.24. The third-order valence-electron chi connectivity index (χ3n) is 3.65. The molecule has 1 unspecified atom stereocenters. The maximum absolute atomic E-state index is 13.2. The van der Waals surface area contributed by atoms with Crippen molar-refractivity contribution in [2.24, 2.45) is 5.92 Å². The summed E-state index contributed by atoms with van der Waals surface area (Å²) in [6.45, 7) is 5.67. The molecule has 0 aliphatic carbocycles. The molecule has 6 heteroatoms. The Labute approximate surface area is 135 Å². The summed E-state index contributed by atoms with van der Waals surface area (Å²) in [5.41, 5.74) is 0.573. The molecule has 1 aromatic carbocycles. The van der Waals surface area contributed by atoms with Crippen molar-refractivity contribution in [1.29, 1.82) is 0 Å². The van der Waals surface area contributed by atoms with E-state index in [2.05, 4.69) is 0 Å². The molecule has 1 aliphatic heterocycles. The van der Waals surface area contributed by atoms with Gasteiger partial charge in [0.2, 0.25) is 0 Å². The number of hydrogen-bond acceptors (Lipinski definition) is 3. The summed E-state index contributed by atoms with van der Waals surface area (Å²) >= 11 is 0. The molecule has 1 aromatic rings. The van der Waals surface area contributed by atoms with Crippen LogP contribution in [0, 0.1) is 17.6 Å². The van der Waals surface area contributed by atoms with E-state index in [0.29, 0.717) is 31.2 Å². The molecular weight excluding hydrogens is 304 g/mol. The standard InChI is InChI=1S/C17H23F2NO3/c1-12(2)10-23-17(21)20-7-3-4-14(9-20)22-11-13-5-6-15(18)16(19)8-13/h5-6,8,12,14H,3-4,7,9-11H2,1-2H3. The zero-order valence-electron chi connectivity index (χ0n) is 13.6. The molecule has 1 atom stereocenters. The van der Waals surface area contributed by atoms with E-state index in [4.69, 9.17) is 9.47 Å². The molecule has 1 fully saturated rings. The van der Waals surface area contributed by atoms with E-state index in [1.54, 1.807) is 4.90 Å². The largest absolute Gasteiger partial charge is 0.449 e. The number of hydrogen-bond donors (Lipinski definition) is 0. The fourth-order valence-corrected chi connectivity index (χ4v) is 2.41. The summed E-state index contributed by atoms with van der Waals surface area (Å²) in [7, 11) is 0. The number of carbonyl (C=O) groups is 1. The van der Waals surface area contributed by atoms with Crippen LogP contribution in [0.4, 0.5) is 13.6 Å². The minimum Gasteiger partial charge on any atom is -0.449 e. The highest BCUT2D eigenvalue weighted by Crippen LogP contribution is 2.17. The van der Waals surface area contributed by atoms with Crippen molar-refractivity contribution in [3.05, 3.63) is 35.4 Å². The first-order valence-corrected chi connectivity index (χ1v) is 7.93. The zero-order valence-corrected chi connectivity index (χ0v) is 13.6. The summed E-state index contributed by atoms with van der Waals surface area (Å²) in [4.78, 5) is 13.6. The van der Waals surface area contributed by atoms with Gasteiger partial charge >= 0.3 is 6.09 Å². The zero-order chi connectivity index (χ0) is 16.8. The van der Waals surface area contributed by atoms with Gasteiger partial charge in [-0.1, -0.05) is 19.9 Å². The van der Waals surface area contributed by atoms with Gasteiger partial charge in [0, 0.05) is 6.54 Å². The van der Waals surface area contributed by atoms with Gasteiger partial charge in [-0.25, -0.2) is 13.6 Å². The van der Waals surface area contributed by atoms with Crippen molar-refractivity contribution in [2.45, 2.75) is 39.4 Å². The Morgan fingerprint density at radius 3 is 2.83 bits per heavy atom. The number of nitrogens with zero attached hydrogens (tertiary/aromatic N) is 1. The van der Waals surface area contributed by atoms with Crippen LogP contribution in [0.5, 0.6) is 0 Å². The Kier molecular flexibility index (Phi) is 6.33. The number of ether oxygens (including phenoxy) is 2. The van der Waals surface area contributed by atoms with Crippen molar-refractivity contribution in [3.8, 4) is 0 Å². The van der Waals surface area contributed by atoms with Gasteiger partial charge in [0.05, 0.1) is 25.9 Å². The van der Waals surface area contributed by atoms with Crippen molar-refractivity contribution >= 4 is 6.09 Å². The summed E-state index contributed by atoms with van der Waals surface area (Å²) in [5, 5.41) is 0. The van der Waals surface area contributed by atoms with Crippen molar-refractivity contribution in [2.75, 3.05) is 19.7 Å². The molecule has 0 bridgehead atoms. The quantitative estimate of drug-likeness (QED) is 0.827. The molecule has 0 aromatic heterocycles. The van der Waals surface area contributed by atoms with E-state index < -0.39 is 11.6 Å². The van der Waals surface area contributed by atoms with Crippen LogP contribution in [-0.2, 0) is 16.1 Å². The molecule has 23 heavy (non-hydrogen) atoms. The number of likely N-dealkylation sites (tertiary alicyclic amines) is 1. The molecule has 1 amide bonds. The first-order valence-electron chi connectivity index (χ1n) is 7.93. The maximum atomic E-state index is 13.2. The lowest BCUT2D eigenvalue weighted by Gasteiger charge is -2.32. The molecule has 4 nitrogen and oxygen atoms in total. The van der Waals surface area contributed by atoms with Gasteiger partial charge in [-0.05, 0) is 36.5 Å². The van der Waals surface area contributed by atoms with Crippen LogP contribution in [0.2, 0.25) is 0 Å². The van der Waals surface area contributed by atoms with Gasteiger partial charge in [0.15, 0.2) is 11.6 Å². The van der Waals surface area contributed by atoms with Gasteiger partial charge < -0.3 is 14.4 Å².